The number of hydrogen-bond acceptors (Lipinski definition) is 5. The highest BCUT2D eigenvalue weighted by Gasteiger charge is 2.28. The largest absolute Gasteiger partial charge is 0.382 e. The average Bonchev–Trinajstić information content (AvgIpc) is 2.68. The monoisotopic (exact) mass is 352 g/mol. The predicted octanol–water partition coefficient (Wildman–Crippen LogP) is 2.08. The molecule has 2 aromatic rings. The molecule has 0 bridgehead atoms. The van der Waals surface area contributed by atoms with Crippen LogP contribution in [0.15, 0.2) is 30.6 Å². The fourth-order valence-corrected chi connectivity index (χ4v) is 3.83. The molecule has 0 spiro atoms. The van der Waals surface area contributed by atoms with E-state index in [0.717, 1.165) is 18.4 Å². The molecule has 2 heterocycles. The maximum Gasteiger partial charge on any atom is 0.227 e. The van der Waals surface area contributed by atoms with Crippen LogP contribution in [0.5, 0.6) is 0 Å². The highest BCUT2D eigenvalue weighted by molar-refractivity contribution is 5.79. The third kappa shape index (κ3) is 3.55. The van der Waals surface area contributed by atoms with E-state index in [-0.39, 0.29) is 12.0 Å². The summed E-state index contributed by atoms with van der Waals surface area (Å²) in [6, 6.07) is 6.51. The molecule has 6 heteroatoms. The predicted molar refractivity (Wildman–Crippen MR) is 98.5 cm³/mol. The Bertz CT molecular complexity index is 808. The van der Waals surface area contributed by atoms with Crippen molar-refractivity contribution < 1.29 is 9.53 Å². The molecule has 1 unspecified atom stereocenters. The van der Waals surface area contributed by atoms with Crippen LogP contribution in [-0.4, -0.2) is 40.5 Å². The van der Waals surface area contributed by atoms with Gasteiger partial charge in [0.15, 0.2) is 0 Å². The first-order chi connectivity index (χ1) is 12.7. The van der Waals surface area contributed by atoms with Crippen molar-refractivity contribution in [1.29, 1.82) is 0 Å². The molecule has 1 aromatic heterocycles. The summed E-state index contributed by atoms with van der Waals surface area (Å²) in [4.78, 5) is 23.0. The van der Waals surface area contributed by atoms with E-state index in [1.807, 2.05) is 4.90 Å². The molecule has 1 amide bonds. The number of benzene rings is 1. The molecule has 1 atom stereocenters. The van der Waals surface area contributed by atoms with Crippen molar-refractivity contribution in [1.82, 2.24) is 14.9 Å². The van der Waals surface area contributed by atoms with Crippen molar-refractivity contribution in [3.05, 3.63) is 53.0 Å². The molecule has 0 radical (unpaired) electrons. The van der Waals surface area contributed by atoms with E-state index in [0.29, 0.717) is 37.6 Å². The lowest BCUT2D eigenvalue weighted by Gasteiger charge is -2.33. The lowest BCUT2D eigenvalue weighted by molar-refractivity contribution is -0.138. The average molecular weight is 352 g/mol. The highest BCUT2D eigenvalue weighted by Crippen LogP contribution is 2.25. The summed E-state index contributed by atoms with van der Waals surface area (Å²) < 4.78 is 5.77. The number of aryl methyl sites for hydroxylation is 2. The molecule has 1 aliphatic heterocycles. The summed E-state index contributed by atoms with van der Waals surface area (Å²) in [7, 11) is 0. The van der Waals surface area contributed by atoms with Crippen molar-refractivity contribution in [2.24, 2.45) is 0 Å². The Kier molecular flexibility index (Phi) is 4.84. The van der Waals surface area contributed by atoms with Crippen LogP contribution in [0.2, 0.25) is 0 Å². The van der Waals surface area contributed by atoms with Gasteiger partial charge < -0.3 is 15.4 Å². The lowest BCUT2D eigenvalue weighted by atomic mass is 9.90. The van der Waals surface area contributed by atoms with Crippen LogP contribution >= 0.6 is 0 Å². The van der Waals surface area contributed by atoms with Gasteiger partial charge >= 0.3 is 0 Å². The number of nitrogens with zero attached hydrogens (tertiary/aromatic N) is 3. The van der Waals surface area contributed by atoms with Gasteiger partial charge in [-0.25, -0.2) is 4.98 Å². The van der Waals surface area contributed by atoms with E-state index >= 15 is 0 Å². The van der Waals surface area contributed by atoms with Gasteiger partial charge in [-0.15, -0.1) is 0 Å². The van der Waals surface area contributed by atoms with E-state index in [2.05, 4.69) is 28.2 Å². The minimum absolute atomic E-state index is 0.122. The molecule has 1 aromatic carbocycles. The van der Waals surface area contributed by atoms with Gasteiger partial charge in [0, 0.05) is 18.9 Å². The fourth-order valence-electron chi connectivity index (χ4n) is 3.83. The quantitative estimate of drug-likeness (QED) is 0.915. The summed E-state index contributed by atoms with van der Waals surface area (Å²) >= 11 is 0. The first-order valence-electron chi connectivity index (χ1n) is 9.27. The van der Waals surface area contributed by atoms with Crippen molar-refractivity contribution >= 4 is 11.7 Å². The van der Waals surface area contributed by atoms with E-state index in [1.54, 1.807) is 12.4 Å². The Morgan fingerprint density at radius 1 is 1.19 bits per heavy atom. The number of nitrogens with two attached hydrogens (primary N) is 1. The normalized spacial score (nSPS) is 19.8. The van der Waals surface area contributed by atoms with Crippen molar-refractivity contribution in [2.75, 3.05) is 25.4 Å². The molecule has 1 aliphatic carbocycles. The Morgan fingerprint density at radius 2 is 2.00 bits per heavy atom. The molecular weight excluding hydrogens is 328 g/mol. The maximum absolute atomic E-state index is 12.8. The van der Waals surface area contributed by atoms with E-state index in [1.165, 1.54) is 24.0 Å². The van der Waals surface area contributed by atoms with Crippen molar-refractivity contribution in [3.63, 3.8) is 0 Å². The topological polar surface area (TPSA) is 81.3 Å². The summed E-state index contributed by atoms with van der Waals surface area (Å²) in [5.41, 5.74) is 10.5. The molecule has 136 valence electrons. The maximum atomic E-state index is 12.8. The molecular formula is C20H24N4O2. The van der Waals surface area contributed by atoms with Crippen molar-refractivity contribution in [2.45, 2.75) is 38.2 Å². The molecule has 1 saturated heterocycles. The van der Waals surface area contributed by atoms with Crippen LogP contribution in [0.1, 0.15) is 41.3 Å². The van der Waals surface area contributed by atoms with Crippen LogP contribution < -0.4 is 5.73 Å². The molecule has 26 heavy (non-hydrogen) atoms. The Morgan fingerprint density at radius 3 is 2.85 bits per heavy atom. The second kappa shape index (κ2) is 7.41. The number of aromatic nitrogens is 2. The summed E-state index contributed by atoms with van der Waals surface area (Å²) in [6.45, 7) is 1.55. The van der Waals surface area contributed by atoms with Gasteiger partial charge in [0.05, 0.1) is 19.6 Å². The third-order valence-corrected chi connectivity index (χ3v) is 5.25. The SMILES string of the molecule is Nc1nccnc1C1CN(C(=O)Cc2ccc3c(c2)CCCC3)CCO1. The highest BCUT2D eigenvalue weighted by atomic mass is 16.5. The van der Waals surface area contributed by atoms with Crippen LogP contribution in [0, 0.1) is 0 Å². The smallest absolute Gasteiger partial charge is 0.227 e. The summed E-state index contributed by atoms with van der Waals surface area (Å²) in [6.07, 6.45) is 8.07. The number of carbonyl (C=O) groups is 1. The number of rotatable bonds is 3. The summed E-state index contributed by atoms with van der Waals surface area (Å²) in [5.74, 6) is 0.484. The number of hydrogen-bond donors (Lipinski definition) is 1. The molecule has 2 aliphatic rings. The number of fused-ring (bicyclic) bond motifs is 1. The zero-order valence-corrected chi connectivity index (χ0v) is 14.9. The standard InChI is InChI=1S/C20H24N4O2/c21-20-19(22-7-8-23-20)17-13-24(9-10-26-17)18(25)12-14-5-6-15-3-1-2-4-16(15)11-14/h5-8,11,17H,1-4,9-10,12-13H2,(H2,21,23). The minimum atomic E-state index is -0.315. The molecule has 2 N–H and O–H groups in total. The zero-order valence-electron chi connectivity index (χ0n) is 14.9. The van der Waals surface area contributed by atoms with Gasteiger partial charge in [0.1, 0.15) is 17.6 Å². The molecule has 0 saturated carbocycles. The third-order valence-electron chi connectivity index (χ3n) is 5.25. The van der Waals surface area contributed by atoms with Gasteiger partial charge in [-0.2, -0.15) is 0 Å². The number of amides is 1. The van der Waals surface area contributed by atoms with Gasteiger partial charge in [-0.3, -0.25) is 9.78 Å². The van der Waals surface area contributed by atoms with E-state index in [4.69, 9.17) is 10.5 Å². The lowest BCUT2D eigenvalue weighted by Crippen LogP contribution is -2.43. The zero-order chi connectivity index (χ0) is 17.9. The summed E-state index contributed by atoms with van der Waals surface area (Å²) in [5, 5.41) is 0. The van der Waals surface area contributed by atoms with Crippen LogP contribution in [0.25, 0.3) is 0 Å². The second-order valence-electron chi connectivity index (χ2n) is 7.01. The van der Waals surface area contributed by atoms with Crippen molar-refractivity contribution in [3.8, 4) is 0 Å². The molecule has 4 rings (SSSR count). The van der Waals surface area contributed by atoms with Crippen LogP contribution in [0.4, 0.5) is 5.82 Å². The number of morpholine rings is 1. The molecule has 6 nitrogen and oxygen atoms in total. The number of carbonyl (C=O) groups excluding carboxylic acids is 1. The minimum Gasteiger partial charge on any atom is -0.382 e. The molecule has 1 fully saturated rings. The van der Waals surface area contributed by atoms with Crippen LogP contribution in [0.3, 0.4) is 0 Å². The van der Waals surface area contributed by atoms with Gasteiger partial charge in [0.2, 0.25) is 5.91 Å². The first-order valence-corrected chi connectivity index (χ1v) is 9.27. The Hall–Kier alpha value is -2.47. The van der Waals surface area contributed by atoms with Gasteiger partial charge in [-0.1, -0.05) is 18.2 Å². The number of ether oxygens (including phenoxy) is 1. The Labute approximate surface area is 153 Å². The van der Waals surface area contributed by atoms with Gasteiger partial charge in [-0.05, 0) is 42.4 Å². The number of nitrogen functional groups attached to an aromatic ring is 1. The van der Waals surface area contributed by atoms with E-state index < -0.39 is 0 Å². The first kappa shape index (κ1) is 17.0. The Balaban J connectivity index is 1.44. The van der Waals surface area contributed by atoms with Crippen LogP contribution in [-0.2, 0) is 28.8 Å². The van der Waals surface area contributed by atoms with E-state index in [9.17, 15) is 4.79 Å². The second-order valence-corrected chi connectivity index (χ2v) is 7.01. The number of anilines is 1. The van der Waals surface area contributed by atoms with Gasteiger partial charge in [0.25, 0.3) is 0 Å². The fraction of sp³-hybridized carbons (Fsp3) is 0.450.